The molecule has 0 aliphatic carbocycles. The Morgan fingerprint density at radius 1 is 1.37 bits per heavy atom. The van der Waals surface area contributed by atoms with Crippen molar-refractivity contribution in [3.8, 4) is 0 Å². The quantitative estimate of drug-likeness (QED) is 0.890. The molecular weight excluding hydrogens is 280 g/mol. The monoisotopic (exact) mass is 299 g/mol. The van der Waals surface area contributed by atoms with E-state index in [1.165, 1.54) is 4.90 Å². The van der Waals surface area contributed by atoms with Crippen LogP contribution in [-0.2, 0) is 4.79 Å². The van der Waals surface area contributed by atoms with Crippen molar-refractivity contribution < 1.29 is 9.69 Å². The predicted octanol–water partition coefficient (Wildman–Crippen LogP) is 1.45. The van der Waals surface area contributed by atoms with Crippen LogP contribution in [0.25, 0.3) is 0 Å². The van der Waals surface area contributed by atoms with Crippen molar-refractivity contribution in [1.29, 1.82) is 0 Å². The number of nitrogens with one attached hydrogen (secondary N) is 1. The number of halogens is 1. The summed E-state index contributed by atoms with van der Waals surface area (Å²) < 4.78 is 0. The minimum atomic E-state index is 0.155. The maximum Gasteiger partial charge on any atom is 0.233 e. The molecule has 1 aromatic rings. The predicted molar refractivity (Wildman–Crippen MR) is 80.7 cm³/mol. The van der Waals surface area contributed by atoms with Gasteiger partial charge in [0.25, 0.3) is 0 Å². The molecule has 3 nitrogen and oxygen atoms in total. The maximum absolute atomic E-state index is 12.0. The van der Waals surface area contributed by atoms with Crippen molar-refractivity contribution in [2.24, 2.45) is 0 Å². The molecule has 1 saturated heterocycles. The lowest BCUT2D eigenvalue weighted by Crippen LogP contribution is -3.05. The fraction of sp³-hybridized carbons (Fsp3) is 0.500. The minimum absolute atomic E-state index is 0.155. The third-order valence-corrected chi connectivity index (χ3v) is 4.71. The highest BCUT2D eigenvalue weighted by Crippen LogP contribution is 2.38. The Morgan fingerprint density at radius 2 is 2.05 bits per heavy atom. The van der Waals surface area contributed by atoms with Crippen molar-refractivity contribution in [2.75, 3.05) is 32.9 Å². The minimum Gasteiger partial charge on any atom is -0.340 e. The third-order valence-electron chi connectivity index (χ3n) is 3.20. The number of benzene rings is 1. The summed E-state index contributed by atoms with van der Waals surface area (Å²) >= 11 is 7.61. The Bertz CT molecular complexity index is 436. The average molecular weight is 300 g/mol. The summed E-state index contributed by atoms with van der Waals surface area (Å²) in [5.74, 6) is 0.834. The Balaban J connectivity index is 2.02. The number of hydrogen-bond donors (Lipinski definition) is 1. The molecule has 1 fully saturated rings. The van der Waals surface area contributed by atoms with Gasteiger partial charge in [0.15, 0.2) is 0 Å². The molecule has 0 spiro atoms. The van der Waals surface area contributed by atoms with Crippen molar-refractivity contribution in [2.45, 2.75) is 11.8 Å². The van der Waals surface area contributed by atoms with Gasteiger partial charge >= 0.3 is 0 Å². The zero-order chi connectivity index (χ0) is 13.8. The van der Waals surface area contributed by atoms with Crippen molar-refractivity contribution in [1.82, 2.24) is 4.90 Å². The number of carbonyl (C=O) groups excluding carboxylic acids is 1. The van der Waals surface area contributed by atoms with E-state index in [-0.39, 0.29) is 11.3 Å². The van der Waals surface area contributed by atoms with Gasteiger partial charge in [-0.15, -0.1) is 11.8 Å². The van der Waals surface area contributed by atoms with Crippen LogP contribution in [0.5, 0.6) is 0 Å². The topological polar surface area (TPSA) is 24.8 Å². The van der Waals surface area contributed by atoms with Crippen LogP contribution in [0.1, 0.15) is 17.4 Å². The molecule has 0 aromatic heterocycles. The van der Waals surface area contributed by atoms with Gasteiger partial charge in [-0.3, -0.25) is 4.79 Å². The summed E-state index contributed by atoms with van der Waals surface area (Å²) in [5.41, 5.74) is 1.16. The SMILES string of the molecule is C[NH+](C)CCCN1C(=O)CS[C@@H]1c1ccc(Cl)cc1. The molecule has 1 amide bonds. The molecule has 1 heterocycles. The fourth-order valence-electron chi connectivity index (χ4n) is 2.20. The molecule has 1 atom stereocenters. The molecule has 2 rings (SSSR count). The smallest absolute Gasteiger partial charge is 0.233 e. The van der Waals surface area contributed by atoms with E-state index in [9.17, 15) is 4.79 Å². The molecule has 5 heteroatoms. The first-order chi connectivity index (χ1) is 9.08. The molecule has 1 aromatic carbocycles. The Kier molecular flexibility index (Phi) is 5.13. The first-order valence-corrected chi connectivity index (χ1v) is 7.96. The molecule has 0 bridgehead atoms. The molecule has 1 aliphatic rings. The first-order valence-electron chi connectivity index (χ1n) is 6.53. The number of quaternary nitrogens is 1. The maximum atomic E-state index is 12.0. The van der Waals surface area contributed by atoms with Crippen molar-refractivity contribution in [3.05, 3.63) is 34.9 Å². The lowest BCUT2D eigenvalue weighted by Gasteiger charge is -2.24. The average Bonchev–Trinajstić information content (AvgIpc) is 2.72. The highest BCUT2D eigenvalue weighted by molar-refractivity contribution is 8.00. The van der Waals surface area contributed by atoms with Crippen LogP contribution in [0.2, 0.25) is 5.02 Å². The number of amides is 1. The van der Waals surface area contributed by atoms with Crippen LogP contribution in [0, 0.1) is 0 Å². The highest BCUT2D eigenvalue weighted by atomic mass is 35.5. The Labute approximate surface area is 123 Å². The van der Waals surface area contributed by atoms with Gasteiger partial charge in [0.05, 0.1) is 26.4 Å². The van der Waals surface area contributed by atoms with E-state index in [2.05, 4.69) is 14.1 Å². The van der Waals surface area contributed by atoms with Crippen molar-refractivity contribution >= 4 is 29.3 Å². The second kappa shape index (κ2) is 6.64. The van der Waals surface area contributed by atoms with Gasteiger partial charge in [-0.25, -0.2) is 0 Å². The lowest BCUT2D eigenvalue weighted by molar-refractivity contribution is -0.858. The Hall–Kier alpha value is -0.710. The van der Waals surface area contributed by atoms with E-state index >= 15 is 0 Å². The molecule has 104 valence electrons. The number of rotatable bonds is 5. The van der Waals surface area contributed by atoms with Crippen LogP contribution in [-0.4, -0.2) is 43.7 Å². The normalized spacial score (nSPS) is 19.5. The van der Waals surface area contributed by atoms with Crippen LogP contribution < -0.4 is 4.90 Å². The largest absolute Gasteiger partial charge is 0.340 e. The van der Waals surface area contributed by atoms with Gasteiger partial charge in [0, 0.05) is 18.0 Å². The van der Waals surface area contributed by atoms with E-state index in [0.717, 1.165) is 30.1 Å². The number of carbonyl (C=O) groups is 1. The molecule has 0 unspecified atom stereocenters. The fourth-order valence-corrected chi connectivity index (χ4v) is 3.55. The summed E-state index contributed by atoms with van der Waals surface area (Å²) in [6.07, 6.45) is 1.04. The van der Waals surface area contributed by atoms with Gasteiger partial charge in [-0.2, -0.15) is 0 Å². The zero-order valence-corrected chi connectivity index (χ0v) is 12.9. The lowest BCUT2D eigenvalue weighted by atomic mass is 10.2. The summed E-state index contributed by atoms with van der Waals surface area (Å²) in [5, 5.41) is 0.891. The summed E-state index contributed by atoms with van der Waals surface area (Å²) in [6, 6.07) is 7.82. The molecule has 0 saturated carbocycles. The van der Waals surface area contributed by atoms with Crippen LogP contribution >= 0.6 is 23.4 Å². The summed E-state index contributed by atoms with van der Waals surface area (Å²) in [6.45, 7) is 1.92. The highest BCUT2D eigenvalue weighted by Gasteiger charge is 2.32. The molecule has 1 aliphatic heterocycles. The van der Waals surface area contributed by atoms with Gasteiger partial charge in [-0.1, -0.05) is 23.7 Å². The first kappa shape index (κ1) is 14.7. The van der Waals surface area contributed by atoms with E-state index in [0.29, 0.717) is 5.75 Å². The van der Waals surface area contributed by atoms with E-state index in [1.54, 1.807) is 11.8 Å². The van der Waals surface area contributed by atoms with E-state index < -0.39 is 0 Å². The van der Waals surface area contributed by atoms with E-state index in [4.69, 9.17) is 11.6 Å². The summed E-state index contributed by atoms with van der Waals surface area (Å²) in [4.78, 5) is 15.4. The number of nitrogens with zero attached hydrogens (tertiary/aromatic N) is 1. The molecular formula is C14H20ClN2OS+. The van der Waals surface area contributed by atoms with Gasteiger partial charge in [0.2, 0.25) is 5.91 Å². The van der Waals surface area contributed by atoms with Gasteiger partial charge in [0.1, 0.15) is 5.37 Å². The summed E-state index contributed by atoms with van der Waals surface area (Å²) in [7, 11) is 4.27. The number of thioether (sulfide) groups is 1. The van der Waals surface area contributed by atoms with Gasteiger partial charge in [-0.05, 0) is 17.7 Å². The van der Waals surface area contributed by atoms with Crippen LogP contribution in [0.3, 0.4) is 0 Å². The second-order valence-electron chi connectivity index (χ2n) is 5.11. The zero-order valence-electron chi connectivity index (χ0n) is 11.4. The van der Waals surface area contributed by atoms with Gasteiger partial charge < -0.3 is 9.80 Å². The second-order valence-corrected chi connectivity index (χ2v) is 6.62. The molecule has 0 radical (unpaired) electrons. The van der Waals surface area contributed by atoms with Crippen LogP contribution in [0.15, 0.2) is 24.3 Å². The van der Waals surface area contributed by atoms with Crippen LogP contribution in [0.4, 0.5) is 0 Å². The van der Waals surface area contributed by atoms with E-state index in [1.807, 2.05) is 29.2 Å². The number of hydrogen-bond acceptors (Lipinski definition) is 2. The van der Waals surface area contributed by atoms with Crippen molar-refractivity contribution in [3.63, 3.8) is 0 Å². The third kappa shape index (κ3) is 3.88. The molecule has 19 heavy (non-hydrogen) atoms. The Morgan fingerprint density at radius 3 is 2.68 bits per heavy atom. The molecule has 1 N–H and O–H groups in total. The standard InChI is InChI=1S/C14H19ClN2OS/c1-16(2)8-3-9-17-13(18)10-19-14(17)11-4-6-12(15)7-5-11/h4-7,14H,3,8-10H2,1-2H3/p+1/t14-/m1/s1.